The van der Waals surface area contributed by atoms with E-state index in [1.165, 1.54) is 6.92 Å². The van der Waals surface area contributed by atoms with Crippen LogP contribution in [0.5, 0.6) is 0 Å². The number of amides is 2. The molecule has 272 valence electrons. The SMILES string of the molecule is C=CCCCCCCc1cc(-c2cnc(C)nc2)cc2c(C(C)=O)nn(CC(=O)N3[C@H](C(=O)Nc4nc(Br)ccc4C)C[C@@]4(COCC=C)C[C@@H]34)c12. The number of fused-ring (bicyclic) bond motifs is 2. The summed E-state index contributed by atoms with van der Waals surface area (Å²) < 4.78 is 8.16. The lowest BCUT2D eigenvalue weighted by molar-refractivity contribution is -0.138. The first-order chi connectivity index (χ1) is 25.0. The summed E-state index contributed by atoms with van der Waals surface area (Å²) in [5.74, 6) is 0.383. The molecule has 1 N–H and O–H groups in total. The first-order valence-corrected chi connectivity index (χ1v) is 18.7. The second kappa shape index (κ2) is 16.0. The van der Waals surface area contributed by atoms with Crippen molar-refractivity contribution in [2.24, 2.45) is 5.41 Å². The maximum absolute atomic E-state index is 14.5. The van der Waals surface area contributed by atoms with Crippen molar-refractivity contribution in [3.05, 3.63) is 89.2 Å². The standard InChI is InChI=1S/C40H46BrN7O4/c1-6-8-9-10-11-12-13-28-17-29(30-21-42-27(5)43-22-30)18-31-36(26(4)49)46-47(37(28)31)23-35(50)48-32(19-40(20-33(40)48)24-52-16-7-2)39(51)45-38-25(3)14-15-34(41)44-38/h6-7,14-15,17-18,21-22,32-33H,1-2,8-13,16,19-20,23-24H2,3-5H3,(H,44,45,51)/t32-,33+,40-/m0/s1. The lowest BCUT2D eigenvalue weighted by Gasteiger charge is -2.27. The van der Waals surface area contributed by atoms with E-state index < -0.39 is 6.04 Å². The number of Topliss-reactive ketones (excluding diaryl/α,β-unsaturated/α-hetero) is 1. The summed E-state index contributed by atoms with van der Waals surface area (Å²) in [6.07, 6.45) is 14.3. The Hall–Kier alpha value is -4.55. The molecule has 1 saturated carbocycles. The van der Waals surface area contributed by atoms with Gasteiger partial charge in [0.25, 0.3) is 0 Å². The Morgan fingerprint density at radius 2 is 1.81 bits per heavy atom. The molecule has 2 aliphatic rings. The van der Waals surface area contributed by atoms with Gasteiger partial charge in [-0.3, -0.25) is 19.1 Å². The fourth-order valence-electron chi connectivity index (χ4n) is 7.44. The van der Waals surface area contributed by atoms with Crippen molar-refractivity contribution in [2.75, 3.05) is 18.5 Å². The lowest BCUT2D eigenvalue weighted by atomic mass is 9.96. The first kappa shape index (κ1) is 37.2. The number of likely N-dealkylation sites (tertiary alicyclic amines) is 1. The molecule has 0 spiro atoms. The number of hydrogen-bond acceptors (Lipinski definition) is 8. The molecule has 2 fully saturated rings. The topological polar surface area (TPSA) is 132 Å². The van der Waals surface area contributed by atoms with Crippen molar-refractivity contribution in [1.29, 1.82) is 0 Å². The minimum Gasteiger partial charge on any atom is -0.377 e. The number of ketones is 1. The number of benzene rings is 1. The van der Waals surface area contributed by atoms with Gasteiger partial charge in [0, 0.05) is 41.7 Å². The predicted molar refractivity (Wildman–Crippen MR) is 205 cm³/mol. The fraction of sp³-hybridized carbons (Fsp3) is 0.425. The van der Waals surface area contributed by atoms with Crippen LogP contribution in [0.15, 0.2) is 66.6 Å². The van der Waals surface area contributed by atoms with Crippen LogP contribution in [0.25, 0.3) is 22.0 Å². The monoisotopic (exact) mass is 767 g/mol. The maximum atomic E-state index is 14.5. The molecule has 4 aromatic rings. The number of carbonyl (C=O) groups excluding carboxylic acids is 3. The zero-order valence-electron chi connectivity index (χ0n) is 30.2. The van der Waals surface area contributed by atoms with E-state index in [1.807, 2.05) is 38.1 Å². The van der Waals surface area contributed by atoms with Crippen LogP contribution in [-0.2, 0) is 27.3 Å². The summed E-state index contributed by atoms with van der Waals surface area (Å²) in [7, 11) is 0. The van der Waals surface area contributed by atoms with Crippen molar-refractivity contribution >= 4 is 50.2 Å². The van der Waals surface area contributed by atoms with Gasteiger partial charge in [-0.15, -0.1) is 13.2 Å². The van der Waals surface area contributed by atoms with Crippen molar-refractivity contribution in [1.82, 2.24) is 29.6 Å². The number of allylic oxidation sites excluding steroid dienone is 1. The molecular formula is C40H46BrN7O4. The van der Waals surface area contributed by atoms with Gasteiger partial charge in [-0.25, -0.2) is 15.0 Å². The van der Waals surface area contributed by atoms with Crippen LogP contribution in [0, 0.1) is 19.3 Å². The molecule has 2 amide bonds. The molecule has 6 rings (SSSR count). The highest BCUT2D eigenvalue weighted by Crippen LogP contribution is 2.60. The van der Waals surface area contributed by atoms with Gasteiger partial charge in [0.2, 0.25) is 11.8 Å². The highest BCUT2D eigenvalue weighted by molar-refractivity contribution is 9.10. The lowest BCUT2D eigenvalue weighted by Crippen LogP contribution is -2.47. The Labute approximate surface area is 313 Å². The van der Waals surface area contributed by atoms with Crippen LogP contribution in [0.2, 0.25) is 0 Å². The smallest absolute Gasteiger partial charge is 0.248 e. The van der Waals surface area contributed by atoms with Crippen molar-refractivity contribution in [3.63, 3.8) is 0 Å². The van der Waals surface area contributed by atoms with Gasteiger partial charge in [0.05, 0.1) is 18.7 Å². The average molecular weight is 769 g/mol. The van der Waals surface area contributed by atoms with E-state index in [0.29, 0.717) is 47.0 Å². The number of nitrogens with one attached hydrogen (secondary N) is 1. The van der Waals surface area contributed by atoms with E-state index in [2.05, 4.69) is 55.4 Å². The van der Waals surface area contributed by atoms with Crippen LogP contribution >= 0.6 is 15.9 Å². The zero-order chi connectivity index (χ0) is 37.0. The Bertz CT molecular complexity index is 2010. The third kappa shape index (κ3) is 7.92. The highest BCUT2D eigenvalue weighted by atomic mass is 79.9. The molecule has 0 bridgehead atoms. The minimum absolute atomic E-state index is 0.124. The maximum Gasteiger partial charge on any atom is 0.248 e. The van der Waals surface area contributed by atoms with Crippen LogP contribution in [0.1, 0.15) is 79.3 Å². The molecule has 0 radical (unpaired) electrons. The number of aryl methyl sites for hydroxylation is 3. The summed E-state index contributed by atoms with van der Waals surface area (Å²) in [6.45, 7) is 13.5. The van der Waals surface area contributed by atoms with Gasteiger partial charge in [-0.1, -0.05) is 31.1 Å². The van der Waals surface area contributed by atoms with E-state index >= 15 is 0 Å². The number of anilines is 1. The zero-order valence-corrected chi connectivity index (χ0v) is 31.7. The first-order valence-electron chi connectivity index (χ1n) is 17.9. The van der Waals surface area contributed by atoms with E-state index in [0.717, 1.165) is 72.7 Å². The molecule has 1 saturated heterocycles. The van der Waals surface area contributed by atoms with Gasteiger partial charge >= 0.3 is 0 Å². The average Bonchev–Trinajstić information content (AvgIpc) is 3.52. The molecule has 0 unspecified atom stereocenters. The van der Waals surface area contributed by atoms with Gasteiger partial charge < -0.3 is 15.0 Å². The largest absolute Gasteiger partial charge is 0.377 e. The third-order valence-electron chi connectivity index (χ3n) is 10.2. The number of halogens is 1. The molecule has 52 heavy (non-hydrogen) atoms. The Kier molecular flexibility index (Phi) is 11.4. The van der Waals surface area contributed by atoms with Crippen molar-refractivity contribution in [2.45, 2.75) is 90.8 Å². The summed E-state index contributed by atoms with van der Waals surface area (Å²) in [5.41, 5.74) is 4.27. The molecule has 1 aliphatic heterocycles. The minimum atomic E-state index is -0.726. The van der Waals surface area contributed by atoms with Gasteiger partial charge in [0.1, 0.15) is 34.5 Å². The molecule has 1 aromatic carbocycles. The molecule has 1 aliphatic carbocycles. The second-order valence-corrected chi connectivity index (χ2v) is 14.9. The number of unbranched alkanes of at least 4 members (excludes halogenated alkanes) is 4. The van der Waals surface area contributed by atoms with E-state index in [4.69, 9.17) is 9.84 Å². The third-order valence-corrected chi connectivity index (χ3v) is 10.6. The van der Waals surface area contributed by atoms with E-state index in [-0.39, 0.29) is 35.6 Å². The van der Waals surface area contributed by atoms with E-state index in [9.17, 15) is 14.4 Å². The number of nitrogens with zero attached hydrogens (tertiary/aromatic N) is 6. The number of aromatic nitrogens is 5. The summed E-state index contributed by atoms with van der Waals surface area (Å²) in [4.78, 5) is 56.5. The van der Waals surface area contributed by atoms with Crippen molar-refractivity contribution < 1.29 is 19.1 Å². The van der Waals surface area contributed by atoms with Crippen LogP contribution in [-0.4, -0.2) is 72.5 Å². The Morgan fingerprint density at radius 3 is 2.54 bits per heavy atom. The quantitative estimate of drug-likeness (QED) is 0.0511. The molecule has 11 nitrogen and oxygen atoms in total. The number of piperidine rings is 1. The fourth-order valence-corrected chi connectivity index (χ4v) is 7.75. The second-order valence-electron chi connectivity index (χ2n) is 14.1. The van der Waals surface area contributed by atoms with Crippen molar-refractivity contribution in [3.8, 4) is 11.1 Å². The molecule has 12 heteroatoms. The number of ether oxygens (including phenoxy) is 1. The summed E-state index contributed by atoms with van der Waals surface area (Å²) >= 11 is 3.39. The number of pyridine rings is 1. The number of rotatable bonds is 17. The Balaban J connectivity index is 1.35. The highest BCUT2D eigenvalue weighted by Gasteiger charge is 2.67. The predicted octanol–water partition coefficient (Wildman–Crippen LogP) is 7.35. The number of hydrogen-bond donors (Lipinski definition) is 1. The molecular weight excluding hydrogens is 722 g/mol. The van der Waals surface area contributed by atoms with Crippen LogP contribution in [0.4, 0.5) is 5.82 Å². The molecule has 3 atom stereocenters. The Morgan fingerprint density at radius 1 is 1.04 bits per heavy atom. The summed E-state index contributed by atoms with van der Waals surface area (Å²) in [6, 6.07) is 6.86. The summed E-state index contributed by atoms with van der Waals surface area (Å²) in [5, 5.41) is 8.44. The van der Waals surface area contributed by atoms with Crippen LogP contribution in [0.3, 0.4) is 0 Å². The molecule has 3 aromatic heterocycles. The normalized spacial score (nSPS) is 19.0. The van der Waals surface area contributed by atoms with Gasteiger partial charge in [-0.05, 0) is 103 Å². The van der Waals surface area contributed by atoms with Crippen LogP contribution < -0.4 is 5.32 Å². The van der Waals surface area contributed by atoms with Gasteiger partial charge in [-0.2, -0.15) is 5.10 Å². The number of carbonyl (C=O) groups is 3. The van der Waals surface area contributed by atoms with E-state index in [1.54, 1.807) is 28.1 Å². The van der Waals surface area contributed by atoms with Gasteiger partial charge in [0.15, 0.2) is 5.78 Å². The molecule has 4 heterocycles.